The van der Waals surface area contributed by atoms with Gasteiger partial charge in [-0.3, -0.25) is 4.99 Å². The van der Waals surface area contributed by atoms with Crippen LogP contribution in [0, 0.1) is 6.92 Å². The molecule has 5 heterocycles. The van der Waals surface area contributed by atoms with E-state index in [1.807, 2.05) is 6.08 Å². The second-order valence-corrected chi connectivity index (χ2v) is 12.6. The zero-order valence-corrected chi connectivity index (χ0v) is 25.7. The van der Waals surface area contributed by atoms with Crippen molar-refractivity contribution in [2.24, 2.45) is 4.99 Å². The molecule has 8 rings (SSSR count). The lowest BCUT2D eigenvalue weighted by Gasteiger charge is -2.30. The fourth-order valence-corrected chi connectivity index (χ4v) is 7.40. The first-order valence-corrected chi connectivity index (χ1v) is 16.3. The quantitative estimate of drug-likeness (QED) is 0.152. The van der Waals surface area contributed by atoms with Crippen molar-refractivity contribution in [2.75, 3.05) is 6.26 Å². The number of aryl methyl sites for hydroxylation is 2. The smallest absolute Gasteiger partial charge is 0.227 e. The Balaban J connectivity index is 1.34. The van der Waals surface area contributed by atoms with Crippen molar-refractivity contribution < 1.29 is 8.98 Å². The number of pyridine rings is 2. The third-order valence-corrected chi connectivity index (χ3v) is 9.95. The molecule has 0 radical (unpaired) electrons. The standard InChI is InChI=1S/C39H32N3OS/c1-5-33-29-9-7-6-8-28(29)30-16-12-26-13-17-31-32-18-19-34(25-10-14-27(44-4)15-11-25)41-39(32)43-38(31)36(26)35-22-23(2)20-21-42(35)24(3)37(30)40-33/h5-11,13-15,17-22,30,37H,1,3,12,16H2,2,4H3/q+1. The van der Waals surface area contributed by atoms with Gasteiger partial charge in [-0.25, -0.2) is 4.98 Å². The summed E-state index contributed by atoms with van der Waals surface area (Å²) in [5, 5.41) is 2.09. The van der Waals surface area contributed by atoms with Gasteiger partial charge in [-0.1, -0.05) is 55.1 Å². The third-order valence-electron chi connectivity index (χ3n) is 9.21. The molecule has 0 saturated heterocycles. The summed E-state index contributed by atoms with van der Waals surface area (Å²) in [5.74, 6) is 0.197. The fraction of sp³-hybridized carbons (Fsp3) is 0.154. The average molecular weight is 591 g/mol. The number of aliphatic imine (C=N–C) groups is 1. The Labute approximate surface area is 261 Å². The van der Waals surface area contributed by atoms with Crippen LogP contribution in [-0.2, 0) is 6.42 Å². The van der Waals surface area contributed by atoms with Gasteiger partial charge in [0.25, 0.3) is 0 Å². The van der Waals surface area contributed by atoms with Gasteiger partial charge in [0.05, 0.1) is 17.0 Å². The van der Waals surface area contributed by atoms with Crippen molar-refractivity contribution in [3.8, 4) is 22.5 Å². The molecule has 44 heavy (non-hydrogen) atoms. The summed E-state index contributed by atoms with van der Waals surface area (Å²) in [6.45, 7) is 10.9. The Morgan fingerprint density at radius 1 is 0.977 bits per heavy atom. The number of hydrogen-bond donors (Lipinski definition) is 0. The molecule has 0 spiro atoms. The third kappa shape index (κ3) is 4.18. The fourth-order valence-electron chi connectivity index (χ4n) is 6.99. The molecule has 0 N–H and O–H groups in total. The van der Waals surface area contributed by atoms with E-state index in [0.29, 0.717) is 5.71 Å². The van der Waals surface area contributed by atoms with E-state index in [0.717, 1.165) is 63.1 Å². The lowest BCUT2D eigenvalue weighted by atomic mass is 9.79. The molecule has 2 unspecified atom stereocenters. The summed E-state index contributed by atoms with van der Waals surface area (Å²) in [6.07, 6.45) is 7.93. The number of thioether (sulfide) groups is 1. The lowest BCUT2D eigenvalue weighted by molar-refractivity contribution is -0.572. The van der Waals surface area contributed by atoms with Gasteiger partial charge in [-0.15, -0.1) is 11.8 Å². The first kappa shape index (κ1) is 26.9. The molecule has 3 aromatic heterocycles. The monoisotopic (exact) mass is 590 g/mol. The predicted molar refractivity (Wildman–Crippen MR) is 182 cm³/mol. The molecule has 0 aliphatic carbocycles. The van der Waals surface area contributed by atoms with Crippen LogP contribution >= 0.6 is 11.8 Å². The summed E-state index contributed by atoms with van der Waals surface area (Å²) in [7, 11) is 0. The van der Waals surface area contributed by atoms with Gasteiger partial charge in [-0.2, -0.15) is 4.57 Å². The molecule has 6 aromatic rings. The van der Waals surface area contributed by atoms with Crippen molar-refractivity contribution in [3.63, 3.8) is 0 Å². The molecule has 2 aliphatic heterocycles. The Hall–Kier alpha value is -4.74. The van der Waals surface area contributed by atoms with E-state index in [2.05, 4.69) is 122 Å². The van der Waals surface area contributed by atoms with E-state index in [1.54, 1.807) is 11.8 Å². The Morgan fingerprint density at radius 2 is 1.80 bits per heavy atom. The van der Waals surface area contributed by atoms with E-state index in [1.165, 1.54) is 27.1 Å². The van der Waals surface area contributed by atoms with Gasteiger partial charge in [0.15, 0.2) is 11.8 Å². The number of nitrogens with zero attached hydrogens (tertiary/aromatic N) is 3. The van der Waals surface area contributed by atoms with Gasteiger partial charge in [0.2, 0.25) is 17.1 Å². The van der Waals surface area contributed by atoms with Gasteiger partial charge >= 0.3 is 0 Å². The molecule has 5 heteroatoms. The van der Waals surface area contributed by atoms with Crippen LogP contribution in [0.3, 0.4) is 0 Å². The van der Waals surface area contributed by atoms with E-state index in [4.69, 9.17) is 14.4 Å². The van der Waals surface area contributed by atoms with Crippen LogP contribution in [0.25, 0.3) is 50.3 Å². The summed E-state index contributed by atoms with van der Waals surface area (Å²) in [5.41, 5.74) is 12.5. The van der Waals surface area contributed by atoms with Crippen molar-refractivity contribution in [1.29, 1.82) is 0 Å². The van der Waals surface area contributed by atoms with Crippen LogP contribution in [0.2, 0.25) is 0 Å². The number of fused-ring (bicyclic) bond motifs is 10. The van der Waals surface area contributed by atoms with Crippen LogP contribution in [0.15, 0.2) is 125 Å². The largest absolute Gasteiger partial charge is 0.437 e. The molecule has 3 aromatic carbocycles. The van der Waals surface area contributed by atoms with Gasteiger partial charge in [-0.05, 0) is 79.6 Å². The SMILES string of the molecule is C=CC1=NC2C(=C)[n+]3ccc(C)cc3-c3c(ccc4c3oc3nc(-c5ccc(SC)cc5)ccc34)CCC2c2ccccc21. The summed E-state index contributed by atoms with van der Waals surface area (Å²) >= 11 is 1.74. The molecule has 2 atom stereocenters. The minimum atomic E-state index is -0.105. The number of aromatic nitrogens is 2. The maximum absolute atomic E-state index is 6.74. The van der Waals surface area contributed by atoms with Crippen LogP contribution in [-0.4, -0.2) is 23.0 Å². The van der Waals surface area contributed by atoms with Crippen molar-refractivity contribution in [2.45, 2.75) is 36.6 Å². The number of hydrogen-bond acceptors (Lipinski definition) is 4. The predicted octanol–water partition coefficient (Wildman–Crippen LogP) is 9.19. The minimum Gasteiger partial charge on any atom is -0.437 e. The first-order valence-electron chi connectivity index (χ1n) is 15.0. The van der Waals surface area contributed by atoms with Crippen molar-refractivity contribution >= 4 is 45.2 Å². The summed E-state index contributed by atoms with van der Waals surface area (Å²) < 4.78 is 8.97. The van der Waals surface area contributed by atoms with Crippen molar-refractivity contribution in [3.05, 3.63) is 133 Å². The minimum absolute atomic E-state index is 0.105. The molecule has 2 aliphatic rings. The van der Waals surface area contributed by atoms with E-state index < -0.39 is 0 Å². The number of allylic oxidation sites excluding steroid dienone is 1. The highest BCUT2D eigenvalue weighted by molar-refractivity contribution is 7.98. The van der Waals surface area contributed by atoms with E-state index in [9.17, 15) is 0 Å². The zero-order valence-electron chi connectivity index (χ0n) is 24.9. The Kier molecular flexibility index (Phi) is 6.38. The van der Waals surface area contributed by atoms with Crippen molar-refractivity contribution in [1.82, 2.24) is 4.98 Å². The van der Waals surface area contributed by atoms with Gasteiger partial charge in [0, 0.05) is 44.8 Å². The highest BCUT2D eigenvalue weighted by Crippen LogP contribution is 2.43. The topological polar surface area (TPSA) is 42.3 Å². The molecular formula is C39H32N3OS+. The van der Waals surface area contributed by atoms with Gasteiger partial charge < -0.3 is 4.42 Å². The Bertz CT molecular complexity index is 2170. The number of rotatable bonds is 3. The van der Waals surface area contributed by atoms with Crippen LogP contribution in [0.4, 0.5) is 0 Å². The van der Waals surface area contributed by atoms with E-state index >= 15 is 0 Å². The van der Waals surface area contributed by atoms with Crippen LogP contribution in [0.1, 0.15) is 34.6 Å². The Morgan fingerprint density at radius 3 is 2.61 bits per heavy atom. The molecule has 214 valence electrons. The molecule has 0 bridgehead atoms. The normalized spacial score (nSPS) is 17.5. The van der Waals surface area contributed by atoms with E-state index in [-0.39, 0.29) is 12.0 Å². The molecule has 0 fully saturated rings. The second-order valence-electron chi connectivity index (χ2n) is 11.7. The summed E-state index contributed by atoms with van der Waals surface area (Å²) in [6, 6.07) is 30.2. The maximum atomic E-state index is 6.74. The first-order chi connectivity index (χ1) is 21.5. The van der Waals surface area contributed by atoms with Gasteiger partial charge in [0.1, 0.15) is 6.04 Å². The second kappa shape index (κ2) is 10.5. The number of benzene rings is 3. The number of furan rings is 1. The zero-order chi connectivity index (χ0) is 29.9. The summed E-state index contributed by atoms with van der Waals surface area (Å²) in [4.78, 5) is 11.5. The lowest BCUT2D eigenvalue weighted by Crippen LogP contribution is -2.42. The van der Waals surface area contributed by atoms with Crippen LogP contribution < -0.4 is 4.57 Å². The molecule has 0 amide bonds. The average Bonchev–Trinajstić information content (AvgIpc) is 3.45. The highest BCUT2D eigenvalue weighted by atomic mass is 32.2. The molecule has 0 saturated carbocycles. The molecular weight excluding hydrogens is 559 g/mol. The van der Waals surface area contributed by atoms with Crippen LogP contribution in [0.5, 0.6) is 0 Å². The maximum Gasteiger partial charge on any atom is 0.227 e. The highest BCUT2D eigenvalue weighted by Gasteiger charge is 2.39. The molecule has 4 nitrogen and oxygen atoms in total.